The fourth-order valence-electron chi connectivity index (χ4n) is 8.62. The van der Waals surface area contributed by atoms with E-state index in [0.29, 0.717) is 16.7 Å². The van der Waals surface area contributed by atoms with Gasteiger partial charge in [-0.15, -0.1) is 0 Å². The molecule has 0 radical (unpaired) electrons. The molecule has 3 fully saturated rings. The van der Waals surface area contributed by atoms with E-state index < -0.39 is 0 Å². The summed E-state index contributed by atoms with van der Waals surface area (Å²) in [4.78, 5) is 0. The Morgan fingerprint density at radius 3 is 2.36 bits per heavy atom. The van der Waals surface area contributed by atoms with Gasteiger partial charge in [0.05, 0.1) is 6.10 Å². The van der Waals surface area contributed by atoms with Gasteiger partial charge in [0.2, 0.25) is 0 Å². The van der Waals surface area contributed by atoms with Gasteiger partial charge in [-0.05, 0) is 97.2 Å². The van der Waals surface area contributed by atoms with Crippen molar-refractivity contribution in [3.8, 4) is 0 Å². The average molecular weight is 387 g/mol. The number of allylic oxidation sites excluding steroid dienone is 2. The van der Waals surface area contributed by atoms with Crippen molar-refractivity contribution in [2.24, 2.45) is 52.3 Å². The van der Waals surface area contributed by atoms with Gasteiger partial charge in [0, 0.05) is 0 Å². The van der Waals surface area contributed by atoms with Crippen LogP contribution in [0.1, 0.15) is 98.8 Å². The maximum absolute atomic E-state index is 10.2. The molecule has 0 aromatic rings. The second-order valence-electron chi connectivity index (χ2n) is 12.2. The number of hydrogen-bond donors (Lipinski definition) is 1. The molecule has 9 atom stereocenters. The Morgan fingerprint density at radius 2 is 1.61 bits per heavy atom. The van der Waals surface area contributed by atoms with Crippen molar-refractivity contribution >= 4 is 0 Å². The SMILES string of the molecule is CC(C)CCC[C@@H](C)C1CCC2C3C=CC4CC(O)CC[C@]4(C)C3CC[C@@]21C. The van der Waals surface area contributed by atoms with Crippen LogP contribution < -0.4 is 0 Å². The molecule has 160 valence electrons. The van der Waals surface area contributed by atoms with E-state index in [1.54, 1.807) is 0 Å². The maximum Gasteiger partial charge on any atom is 0.0546 e. The van der Waals surface area contributed by atoms with E-state index in [1.807, 2.05) is 0 Å². The molecular formula is C27H46O. The second kappa shape index (κ2) is 7.75. The molecule has 0 saturated heterocycles. The van der Waals surface area contributed by atoms with Gasteiger partial charge in [-0.3, -0.25) is 0 Å². The van der Waals surface area contributed by atoms with Crippen LogP contribution in [0.3, 0.4) is 0 Å². The molecule has 0 aromatic carbocycles. The first-order valence-corrected chi connectivity index (χ1v) is 12.6. The van der Waals surface area contributed by atoms with Crippen molar-refractivity contribution in [1.29, 1.82) is 0 Å². The molecular weight excluding hydrogens is 340 g/mol. The Labute approximate surface area is 174 Å². The van der Waals surface area contributed by atoms with Gasteiger partial charge in [-0.2, -0.15) is 0 Å². The first-order valence-electron chi connectivity index (χ1n) is 12.6. The van der Waals surface area contributed by atoms with Crippen molar-refractivity contribution in [1.82, 2.24) is 0 Å². The number of fused-ring (bicyclic) bond motifs is 5. The molecule has 4 rings (SSSR count). The molecule has 0 bridgehead atoms. The lowest BCUT2D eigenvalue weighted by Gasteiger charge is -2.59. The Bertz CT molecular complexity index is 579. The van der Waals surface area contributed by atoms with Gasteiger partial charge in [0.1, 0.15) is 0 Å². The molecule has 28 heavy (non-hydrogen) atoms. The molecule has 1 N–H and O–H groups in total. The maximum atomic E-state index is 10.2. The van der Waals surface area contributed by atoms with Gasteiger partial charge in [-0.25, -0.2) is 0 Å². The lowest BCUT2D eigenvalue weighted by atomic mass is 9.46. The van der Waals surface area contributed by atoms with E-state index in [9.17, 15) is 5.11 Å². The quantitative estimate of drug-likeness (QED) is 0.493. The summed E-state index contributed by atoms with van der Waals surface area (Å²) >= 11 is 0. The van der Waals surface area contributed by atoms with Gasteiger partial charge in [0.15, 0.2) is 0 Å². The highest BCUT2D eigenvalue weighted by Crippen LogP contribution is 2.67. The van der Waals surface area contributed by atoms with Crippen molar-refractivity contribution in [3.05, 3.63) is 12.2 Å². The van der Waals surface area contributed by atoms with Crippen LogP contribution >= 0.6 is 0 Å². The van der Waals surface area contributed by atoms with E-state index in [-0.39, 0.29) is 6.10 Å². The van der Waals surface area contributed by atoms with Crippen LogP contribution in [0.2, 0.25) is 0 Å². The fraction of sp³-hybridized carbons (Fsp3) is 0.926. The van der Waals surface area contributed by atoms with Crippen LogP contribution in [-0.2, 0) is 0 Å². The number of aliphatic hydroxyl groups excluding tert-OH is 1. The van der Waals surface area contributed by atoms with Crippen LogP contribution in [0.4, 0.5) is 0 Å². The first kappa shape index (κ1) is 21.0. The lowest BCUT2D eigenvalue weighted by molar-refractivity contribution is -0.0813. The van der Waals surface area contributed by atoms with Crippen molar-refractivity contribution in [2.45, 2.75) is 105 Å². The van der Waals surface area contributed by atoms with Gasteiger partial charge >= 0.3 is 0 Å². The number of rotatable bonds is 5. The molecule has 4 aliphatic rings. The summed E-state index contributed by atoms with van der Waals surface area (Å²) in [7, 11) is 0. The summed E-state index contributed by atoms with van der Waals surface area (Å²) in [5.41, 5.74) is 1.01. The molecule has 0 aliphatic heterocycles. The zero-order valence-corrected chi connectivity index (χ0v) is 19.3. The Balaban J connectivity index is 1.49. The Hall–Kier alpha value is -0.300. The minimum absolute atomic E-state index is 0.0596. The third-order valence-electron chi connectivity index (χ3n) is 10.3. The van der Waals surface area contributed by atoms with Crippen LogP contribution in [0.5, 0.6) is 0 Å². The number of aliphatic hydroxyl groups is 1. The smallest absolute Gasteiger partial charge is 0.0546 e. The molecule has 3 saturated carbocycles. The van der Waals surface area contributed by atoms with E-state index >= 15 is 0 Å². The zero-order chi connectivity index (χ0) is 20.1. The first-order chi connectivity index (χ1) is 13.3. The Morgan fingerprint density at radius 1 is 0.893 bits per heavy atom. The lowest BCUT2D eigenvalue weighted by Crippen LogP contribution is -2.52. The predicted molar refractivity (Wildman–Crippen MR) is 119 cm³/mol. The topological polar surface area (TPSA) is 20.2 Å². The largest absolute Gasteiger partial charge is 0.393 e. The standard InChI is InChI=1S/C27H46O/c1-18(2)7-6-8-19(3)23-11-12-24-22-10-9-20-17-21(28)13-15-26(20,4)25(22)14-16-27(23,24)5/h9-10,18-25,28H,6-8,11-17H2,1-5H3/t19-,20?,21?,22?,23?,24?,25?,26+,27-/m1/s1. The summed E-state index contributed by atoms with van der Waals surface area (Å²) in [6.07, 6.45) is 18.5. The summed E-state index contributed by atoms with van der Waals surface area (Å²) in [5.74, 6) is 5.89. The van der Waals surface area contributed by atoms with Crippen molar-refractivity contribution < 1.29 is 5.11 Å². The van der Waals surface area contributed by atoms with Crippen LogP contribution in [0.15, 0.2) is 12.2 Å². The predicted octanol–water partition coefficient (Wildman–Crippen LogP) is 7.24. The highest BCUT2D eigenvalue weighted by Gasteiger charge is 2.59. The molecule has 0 amide bonds. The van der Waals surface area contributed by atoms with Crippen molar-refractivity contribution in [2.75, 3.05) is 0 Å². The minimum atomic E-state index is -0.0596. The molecule has 0 aromatic heterocycles. The molecule has 6 unspecified atom stereocenters. The van der Waals surface area contributed by atoms with Gasteiger partial charge in [0.25, 0.3) is 0 Å². The summed E-state index contributed by atoms with van der Waals surface area (Å²) in [5, 5.41) is 10.2. The normalized spacial score (nSPS) is 48.8. The van der Waals surface area contributed by atoms with E-state index in [4.69, 9.17) is 0 Å². The molecule has 4 aliphatic carbocycles. The highest BCUT2D eigenvalue weighted by atomic mass is 16.3. The fourth-order valence-corrected chi connectivity index (χ4v) is 8.62. The summed E-state index contributed by atoms with van der Waals surface area (Å²) in [6.45, 7) is 12.6. The molecule has 0 spiro atoms. The molecule has 1 heteroatoms. The van der Waals surface area contributed by atoms with E-state index in [0.717, 1.165) is 48.3 Å². The van der Waals surface area contributed by atoms with Crippen LogP contribution in [-0.4, -0.2) is 11.2 Å². The summed E-state index contributed by atoms with van der Waals surface area (Å²) in [6, 6.07) is 0. The average Bonchev–Trinajstić information content (AvgIpc) is 2.99. The van der Waals surface area contributed by atoms with Crippen molar-refractivity contribution in [3.63, 3.8) is 0 Å². The third kappa shape index (κ3) is 3.42. The zero-order valence-electron chi connectivity index (χ0n) is 19.3. The van der Waals surface area contributed by atoms with E-state index in [2.05, 4.69) is 46.8 Å². The molecule has 1 nitrogen and oxygen atoms in total. The monoisotopic (exact) mass is 386 g/mol. The van der Waals surface area contributed by atoms with Gasteiger partial charge in [-0.1, -0.05) is 66.0 Å². The second-order valence-corrected chi connectivity index (χ2v) is 12.2. The third-order valence-corrected chi connectivity index (χ3v) is 10.3. The minimum Gasteiger partial charge on any atom is -0.393 e. The summed E-state index contributed by atoms with van der Waals surface area (Å²) < 4.78 is 0. The highest BCUT2D eigenvalue weighted by molar-refractivity contribution is 5.18. The van der Waals surface area contributed by atoms with E-state index in [1.165, 1.54) is 51.4 Å². The van der Waals surface area contributed by atoms with Gasteiger partial charge < -0.3 is 5.11 Å². The van der Waals surface area contributed by atoms with Crippen LogP contribution in [0.25, 0.3) is 0 Å². The number of hydrogen-bond acceptors (Lipinski definition) is 1. The Kier molecular flexibility index (Phi) is 5.80. The molecule has 0 heterocycles. The van der Waals surface area contributed by atoms with Crippen LogP contribution in [0, 0.1) is 52.3 Å².